The maximum Gasteiger partial charge on any atom is 0.234 e. The van der Waals surface area contributed by atoms with Gasteiger partial charge in [0.15, 0.2) is 0 Å². The zero-order valence-electron chi connectivity index (χ0n) is 15.2. The average Bonchev–Trinajstić information content (AvgIpc) is 3.23. The van der Waals surface area contributed by atoms with Gasteiger partial charge in [-0.2, -0.15) is 0 Å². The molecule has 1 saturated heterocycles. The smallest absolute Gasteiger partial charge is 0.234 e. The van der Waals surface area contributed by atoms with E-state index in [0.29, 0.717) is 18.6 Å². The number of aliphatic hydroxyl groups is 2. The Bertz CT molecular complexity index is 817. The van der Waals surface area contributed by atoms with Gasteiger partial charge in [-0.25, -0.2) is 0 Å². The fraction of sp³-hybridized carbons (Fsp3) is 0.450. The van der Waals surface area contributed by atoms with E-state index in [1.165, 1.54) is 11.8 Å². The van der Waals surface area contributed by atoms with E-state index in [4.69, 9.17) is 0 Å². The Morgan fingerprint density at radius 3 is 2.74 bits per heavy atom. The molecule has 0 bridgehead atoms. The summed E-state index contributed by atoms with van der Waals surface area (Å²) in [6.07, 6.45) is 0.745. The van der Waals surface area contributed by atoms with Crippen molar-refractivity contribution in [2.45, 2.75) is 42.4 Å². The van der Waals surface area contributed by atoms with Crippen molar-refractivity contribution >= 4 is 34.7 Å². The number of nitrogens with zero attached hydrogens (tertiary/aromatic N) is 1. The van der Waals surface area contributed by atoms with E-state index in [0.717, 1.165) is 34.1 Å². The standard InChI is InChI=1S/C20H24N2O3S2/c1-13(22-8-6-20(25,7-9-22)17-3-2-10-26-17)19(24)14-4-5-15-16(11-14)27-12-18(23)21-15/h2-5,10-11,13,19,24-25H,6-9,12H2,1H3,(H,21,23)/t13-,19+/m0/s1. The predicted molar refractivity (Wildman–Crippen MR) is 109 cm³/mol. The molecule has 27 heavy (non-hydrogen) atoms. The minimum atomic E-state index is -0.740. The van der Waals surface area contributed by atoms with Crippen molar-refractivity contribution in [3.63, 3.8) is 0 Å². The van der Waals surface area contributed by atoms with Gasteiger partial charge in [-0.05, 0) is 48.9 Å². The molecule has 0 unspecified atom stereocenters. The number of nitrogens with one attached hydrogen (secondary N) is 1. The van der Waals surface area contributed by atoms with Crippen LogP contribution in [0.3, 0.4) is 0 Å². The molecule has 2 aliphatic heterocycles. The lowest BCUT2D eigenvalue weighted by Gasteiger charge is -2.41. The minimum absolute atomic E-state index is 0.0145. The molecule has 0 saturated carbocycles. The molecule has 3 heterocycles. The molecule has 1 aromatic carbocycles. The van der Waals surface area contributed by atoms with Gasteiger partial charge >= 0.3 is 0 Å². The number of carbonyl (C=O) groups excluding carboxylic acids is 1. The van der Waals surface area contributed by atoms with Gasteiger partial charge in [0.05, 0.1) is 17.5 Å². The van der Waals surface area contributed by atoms with Crippen LogP contribution in [-0.4, -0.2) is 45.9 Å². The van der Waals surface area contributed by atoms with Gasteiger partial charge in [0.1, 0.15) is 5.60 Å². The number of likely N-dealkylation sites (tertiary alicyclic amines) is 1. The second kappa shape index (κ2) is 7.56. The number of hydrogen-bond donors (Lipinski definition) is 3. The van der Waals surface area contributed by atoms with Crippen LogP contribution in [0.2, 0.25) is 0 Å². The summed E-state index contributed by atoms with van der Waals surface area (Å²) in [5, 5.41) is 26.7. The van der Waals surface area contributed by atoms with Gasteiger partial charge in [-0.15, -0.1) is 23.1 Å². The van der Waals surface area contributed by atoms with E-state index in [1.807, 2.05) is 42.6 Å². The first-order valence-corrected chi connectivity index (χ1v) is 11.1. The maximum atomic E-state index is 11.5. The fourth-order valence-corrected chi connectivity index (χ4v) is 5.58. The van der Waals surface area contributed by atoms with Crippen LogP contribution in [0.25, 0.3) is 0 Å². The molecule has 144 valence electrons. The number of piperidine rings is 1. The van der Waals surface area contributed by atoms with Crippen LogP contribution in [-0.2, 0) is 10.4 Å². The van der Waals surface area contributed by atoms with Gasteiger partial charge in [-0.3, -0.25) is 9.69 Å². The number of hydrogen-bond acceptors (Lipinski definition) is 6. The first kappa shape index (κ1) is 19.0. The highest BCUT2D eigenvalue weighted by molar-refractivity contribution is 8.00. The lowest BCUT2D eigenvalue weighted by atomic mass is 9.88. The summed E-state index contributed by atoms with van der Waals surface area (Å²) in [7, 11) is 0. The van der Waals surface area contributed by atoms with Crippen LogP contribution < -0.4 is 5.32 Å². The molecule has 4 rings (SSSR count). The molecular formula is C20H24N2O3S2. The van der Waals surface area contributed by atoms with E-state index in [2.05, 4.69) is 10.2 Å². The number of amides is 1. The number of benzene rings is 1. The average molecular weight is 405 g/mol. The highest BCUT2D eigenvalue weighted by atomic mass is 32.2. The Labute approximate surface area is 167 Å². The van der Waals surface area contributed by atoms with E-state index in [9.17, 15) is 15.0 Å². The van der Waals surface area contributed by atoms with Crippen LogP contribution in [0.5, 0.6) is 0 Å². The molecule has 0 aliphatic carbocycles. The van der Waals surface area contributed by atoms with E-state index in [1.54, 1.807) is 11.3 Å². The lowest BCUT2D eigenvalue weighted by Crippen LogP contribution is -2.47. The first-order valence-electron chi connectivity index (χ1n) is 9.21. The molecule has 1 amide bonds. The topological polar surface area (TPSA) is 72.8 Å². The molecule has 1 fully saturated rings. The molecule has 1 aromatic heterocycles. The third-order valence-electron chi connectivity index (χ3n) is 5.62. The number of anilines is 1. The quantitative estimate of drug-likeness (QED) is 0.730. The number of thiophene rings is 1. The predicted octanol–water partition coefficient (Wildman–Crippen LogP) is 3.20. The lowest BCUT2D eigenvalue weighted by molar-refractivity contribution is -0.113. The number of rotatable bonds is 4. The molecule has 3 N–H and O–H groups in total. The summed E-state index contributed by atoms with van der Waals surface area (Å²) in [4.78, 5) is 15.8. The highest BCUT2D eigenvalue weighted by Gasteiger charge is 2.37. The summed E-state index contributed by atoms with van der Waals surface area (Å²) in [5.74, 6) is 0.427. The molecule has 5 nitrogen and oxygen atoms in total. The number of carbonyl (C=O) groups is 1. The second-order valence-corrected chi connectivity index (χ2v) is 9.29. The van der Waals surface area contributed by atoms with E-state index >= 15 is 0 Å². The van der Waals surface area contributed by atoms with Crippen LogP contribution in [0.15, 0.2) is 40.6 Å². The molecule has 2 aliphatic rings. The van der Waals surface area contributed by atoms with Crippen molar-refractivity contribution < 1.29 is 15.0 Å². The molecular weight excluding hydrogens is 380 g/mol. The largest absolute Gasteiger partial charge is 0.387 e. The van der Waals surface area contributed by atoms with E-state index in [-0.39, 0.29) is 11.9 Å². The fourth-order valence-electron chi connectivity index (χ4n) is 3.84. The first-order chi connectivity index (χ1) is 13.0. The minimum Gasteiger partial charge on any atom is -0.387 e. The Kier molecular flexibility index (Phi) is 5.31. The monoisotopic (exact) mass is 404 g/mol. The van der Waals surface area contributed by atoms with Gasteiger partial charge in [0.25, 0.3) is 0 Å². The highest BCUT2D eigenvalue weighted by Crippen LogP contribution is 2.38. The SMILES string of the molecule is C[C@@H]([C@@H](O)c1ccc2c(c1)SCC(=O)N2)N1CCC(O)(c2cccs2)CC1. The van der Waals surface area contributed by atoms with Crippen molar-refractivity contribution in [3.05, 3.63) is 46.2 Å². The van der Waals surface area contributed by atoms with Crippen molar-refractivity contribution in [2.24, 2.45) is 0 Å². The molecule has 0 radical (unpaired) electrons. The van der Waals surface area contributed by atoms with Crippen molar-refractivity contribution in [2.75, 3.05) is 24.2 Å². The Morgan fingerprint density at radius 2 is 2.04 bits per heavy atom. The Balaban J connectivity index is 1.43. The maximum absolute atomic E-state index is 11.5. The summed E-state index contributed by atoms with van der Waals surface area (Å²) in [6.45, 7) is 3.54. The number of fused-ring (bicyclic) bond motifs is 1. The van der Waals surface area contributed by atoms with Crippen LogP contribution in [0.1, 0.15) is 36.3 Å². The van der Waals surface area contributed by atoms with Crippen LogP contribution in [0, 0.1) is 0 Å². The molecule has 2 atom stereocenters. The summed E-state index contributed by atoms with van der Waals surface area (Å²) in [6, 6.07) is 9.68. The van der Waals surface area contributed by atoms with Gasteiger partial charge in [0, 0.05) is 28.9 Å². The normalized spacial score (nSPS) is 22.0. The third kappa shape index (κ3) is 3.79. The van der Waals surface area contributed by atoms with Crippen LogP contribution >= 0.6 is 23.1 Å². The van der Waals surface area contributed by atoms with Gasteiger partial charge < -0.3 is 15.5 Å². The molecule has 2 aromatic rings. The second-order valence-electron chi connectivity index (χ2n) is 7.32. The van der Waals surface area contributed by atoms with Gasteiger partial charge in [0.2, 0.25) is 5.91 Å². The molecule has 0 spiro atoms. The Morgan fingerprint density at radius 1 is 1.26 bits per heavy atom. The molecule has 7 heteroatoms. The van der Waals surface area contributed by atoms with Gasteiger partial charge in [-0.1, -0.05) is 12.1 Å². The summed E-state index contributed by atoms with van der Waals surface area (Å²) < 4.78 is 0. The van der Waals surface area contributed by atoms with Crippen molar-refractivity contribution in [1.82, 2.24) is 4.90 Å². The third-order valence-corrected chi connectivity index (χ3v) is 7.74. The number of thioether (sulfide) groups is 1. The van der Waals surface area contributed by atoms with Crippen molar-refractivity contribution in [1.29, 1.82) is 0 Å². The zero-order valence-corrected chi connectivity index (χ0v) is 16.9. The van der Waals surface area contributed by atoms with Crippen LogP contribution in [0.4, 0.5) is 5.69 Å². The Hall–Kier alpha value is -1.38. The summed E-state index contributed by atoms with van der Waals surface area (Å²) >= 11 is 3.11. The van der Waals surface area contributed by atoms with Crippen molar-refractivity contribution in [3.8, 4) is 0 Å². The van der Waals surface area contributed by atoms with E-state index < -0.39 is 11.7 Å². The number of aliphatic hydroxyl groups excluding tert-OH is 1. The summed E-state index contributed by atoms with van der Waals surface area (Å²) in [5.41, 5.74) is 0.943. The zero-order chi connectivity index (χ0) is 19.0.